The van der Waals surface area contributed by atoms with E-state index < -0.39 is 5.79 Å². The SMILES string of the molecule is C[C@H](C=O)[C@@H]1OC(C)(C)OC[C@@H]1C. The summed E-state index contributed by atoms with van der Waals surface area (Å²) in [6.07, 6.45) is 0.934. The summed E-state index contributed by atoms with van der Waals surface area (Å²) in [6.45, 7) is 8.35. The smallest absolute Gasteiger partial charge is 0.163 e. The first kappa shape index (κ1) is 10.7. The van der Waals surface area contributed by atoms with Crippen LogP contribution >= 0.6 is 0 Å². The number of ether oxygens (including phenoxy) is 2. The van der Waals surface area contributed by atoms with Gasteiger partial charge in [0.05, 0.1) is 12.7 Å². The fraction of sp³-hybridized carbons (Fsp3) is 0.900. The van der Waals surface area contributed by atoms with E-state index in [0.717, 1.165) is 6.29 Å². The van der Waals surface area contributed by atoms with Crippen LogP contribution in [0.25, 0.3) is 0 Å². The molecule has 1 aliphatic rings. The predicted molar refractivity (Wildman–Crippen MR) is 49.3 cm³/mol. The normalized spacial score (nSPS) is 35.4. The van der Waals surface area contributed by atoms with Gasteiger partial charge in [-0.15, -0.1) is 0 Å². The van der Waals surface area contributed by atoms with Gasteiger partial charge in [0.2, 0.25) is 0 Å². The van der Waals surface area contributed by atoms with Crippen LogP contribution in [0.3, 0.4) is 0 Å². The molecular weight excluding hydrogens is 168 g/mol. The monoisotopic (exact) mass is 186 g/mol. The van der Waals surface area contributed by atoms with Crippen LogP contribution in [-0.4, -0.2) is 24.8 Å². The highest BCUT2D eigenvalue weighted by atomic mass is 16.7. The summed E-state index contributed by atoms with van der Waals surface area (Å²) in [7, 11) is 0. The topological polar surface area (TPSA) is 35.5 Å². The van der Waals surface area contributed by atoms with Crippen LogP contribution < -0.4 is 0 Å². The van der Waals surface area contributed by atoms with Gasteiger partial charge in [-0.3, -0.25) is 0 Å². The lowest BCUT2D eigenvalue weighted by Crippen LogP contribution is -2.47. The fourth-order valence-electron chi connectivity index (χ4n) is 1.61. The standard InChI is InChI=1S/C10H18O3/c1-7(5-11)9-8(2)6-12-10(3,4)13-9/h5,7-9H,6H2,1-4H3/t7-,8+,9+/m1/s1. The van der Waals surface area contributed by atoms with Crippen LogP contribution in [0.4, 0.5) is 0 Å². The van der Waals surface area contributed by atoms with Crippen molar-refractivity contribution in [3.8, 4) is 0 Å². The van der Waals surface area contributed by atoms with Crippen LogP contribution in [0.15, 0.2) is 0 Å². The second-order valence-electron chi connectivity index (χ2n) is 4.27. The van der Waals surface area contributed by atoms with E-state index in [1.807, 2.05) is 27.7 Å². The van der Waals surface area contributed by atoms with Crippen LogP contribution in [0.5, 0.6) is 0 Å². The van der Waals surface area contributed by atoms with Crippen molar-refractivity contribution in [2.45, 2.75) is 39.6 Å². The Morgan fingerprint density at radius 2 is 2.15 bits per heavy atom. The molecule has 0 saturated carbocycles. The Balaban J connectivity index is 2.65. The van der Waals surface area contributed by atoms with Crippen molar-refractivity contribution in [1.82, 2.24) is 0 Å². The molecule has 0 aromatic rings. The number of rotatable bonds is 2. The van der Waals surface area contributed by atoms with Gasteiger partial charge in [-0.2, -0.15) is 0 Å². The van der Waals surface area contributed by atoms with Crippen LogP contribution in [0.1, 0.15) is 27.7 Å². The Labute approximate surface area is 79.4 Å². The van der Waals surface area contributed by atoms with Gasteiger partial charge in [0.25, 0.3) is 0 Å². The Kier molecular flexibility index (Phi) is 3.09. The van der Waals surface area contributed by atoms with Crippen LogP contribution in [-0.2, 0) is 14.3 Å². The summed E-state index contributed by atoms with van der Waals surface area (Å²) in [4.78, 5) is 10.6. The third-order valence-electron chi connectivity index (χ3n) is 2.41. The average Bonchev–Trinajstić information content (AvgIpc) is 2.08. The molecule has 0 N–H and O–H groups in total. The minimum atomic E-state index is -0.547. The van der Waals surface area contributed by atoms with E-state index in [0.29, 0.717) is 6.61 Å². The molecule has 13 heavy (non-hydrogen) atoms. The number of hydrogen-bond donors (Lipinski definition) is 0. The van der Waals surface area contributed by atoms with Gasteiger partial charge in [0.1, 0.15) is 6.29 Å². The van der Waals surface area contributed by atoms with Crippen molar-refractivity contribution >= 4 is 6.29 Å². The lowest BCUT2D eigenvalue weighted by Gasteiger charge is -2.41. The number of carbonyl (C=O) groups excluding carboxylic acids is 1. The zero-order valence-corrected chi connectivity index (χ0v) is 8.74. The molecule has 0 aromatic heterocycles. The second-order valence-corrected chi connectivity index (χ2v) is 4.27. The van der Waals surface area contributed by atoms with Crippen molar-refractivity contribution in [1.29, 1.82) is 0 Å². The van der Waals surface area contributed by atoms with E-state index in [1.165, 1.54) is 0 Å². The van der Waals surface area contributed by atoms with Crippen molar-refractivity contribution in [3.05, 3.63) is 0 Å². The highest BCUT2D eigenvalue weighted by Gasteiger charge is 2.36. The summed E-state index contributed by atoms with van der Waals surface area (Å²) < 4.78 is 11.1. The first-order valence-electron chi connectivity index (χ1n) is 4.73. The maximum absolute atomic E-state index is 10.6. The van der Waals surface area contributed by atoms with Crippen molar-refractivity contribution in [2.24, 2.45) is 11.8 Å². The third-order valence-corrected chi connectivity index (χ3v) is 2.41. The van der Waals surface area contributed by atoms with Crippen LogP contribution in [0, 0.1) is 11.8 Å². The molecule has 0 aromatic carbocycles. The molecule has 1 fully saturated rings. The molecule has 3 atom stereocenters. The lowest BCUT2D eigenvalue weighted by molar-refractivity contribution is -0.296. The Morgan fingerprint density at radius 1 is 1.54 bits per heavy atom. The van der Waals surface area contributed by atoms with Gasteiger partial charge in [-0.05, 0) is 13.8 Å². The van der Waals surface area contributed by atoms with Gasteiger partial charge in [0.15, 0.2) is 5.79 Å². The maximum Gasteiger partial charge on any atom is 0.163 e. The van der Waals surface area contributed by atoms with E-state index in [-0.39, 0.29) is 17.9 Å². The number of carbonyl (C=O) groups is 1. The first-order valence-corrected chi connectivity index (χ1v) is 4.73. The van der Waals surface area contributed by atoms with Crippen molar-refractivity contribution < 1.29 is 14.3 Å². The largest absolute Gasteiger partial charge is 0.350 e. The second kappa shape index (κ2) is 3.76. The molecule has 0 radical (unpaired) electrons. The molecule has 0 unspecified atom stereocenters. The number of hydrogen-bond acceptors (Lipinski definition) is 3. The highest BCUT2D eigenvalue weighted by molar-refractivity contribution is 5.53. The van der Waals surface area contributed by atoms with Gasteiger partial charge in [0, 0.05) is 11.8 Å². The molecule has 1 aliphatic heterocycles. The lowest BCUT2D eigenvalue weighted by atomic mass is 9.93. The zero-order chi connectivity index (χ0) is 10.1. The molecule has 0 aliphatic carbocycles. The molecule has 0 bridgehead atoms. The molecule has 1 rings (SSSR count). The molecule has 3 nitrogen and oxygen atoms in total. The van der Waals surface area contributed by atoms with Crippen LogP contribution in [0.2, 0.25) is 0 Å². The van der Waals surface area contributed by atoms with Gasteiger partial charge in [-0.25, -0.2) is 0 Å². The average molecular weight is 186 g/mol. The molecule has 0 amide bonds. The third kappa shape index (κ3) is 2.51. The maximum atomic E-state index is 10.6. The van der Waals surface area contributed by atoms with E-state index in [1.54, 1.807) is 0 Å². The van der Waals surface area contributed by atoms with Crippen molar-refractivity contribution in [2.75, 3.05) is 6.61 Å². The number of aldehydes is 1. The quantitative estimate of drug-likeness (QED) is 0.615. The summed E-state index contributed by atoms with van der Waals surface area (Å²) in [5.74, 6) is -0.319. The minimum Gasteiger partial charge on any atom is -0.350 e. The highest BCUT2D eigenvalue weighted by Crippen LogP contribution is 2.29. The Morgan fingerprint density at radius 3 is 2.69 bits per heavy atom. The molecule has 1 saturated heterocycles. The minimum absolute atomic E-state index is 0.0127. The zero-order valence-electron chi connectivity index (χ0n) is 8.74. The fourth-order valence-corrected chi connectivity index (χ4v) is 1.61. The van der Waals surface area contributed by atoms with E-state index in [2.05, 4.69) is 0 Å². The molecule has 3 heteroatoms. The molecule has 0 spiro atoms. The Bertz CT molecular complexity index is 189. The Hall–Kier alpha value is -0.410. The van der Waals surface area contributed by atoms with E-state index in [9.17, 15) is 4.79 Å². The molecular formula is C10H18O3. The first-order chi connectivity index (χ1) is 5.96. The van der Waals surface area contributed by atoms with Gasteiger partial charge in [-0.1, -0.05) is 13.8 Å². The molecule has 76 valence electrons. The van der Waals surface area contributed by atoms with Gasteiger partial charge < -0.3 is 14.3 Å². The summed E-state index contributed by atoms with van der Waals surface area (Å²) in [5.41, 5.74) is 0. The van der Waals surface area contributed by atoms with E-state index >= 15 is 0 Å². The summed E-state index contributed by atoms with van der Waals surface area (Å²) >= 11 is 0. The predicted octanol–water partition coefficient (Wildman–Crippen LogP) is 1.61. The van der Waals surface area contributed by atoms with Gasteiger partial charge >= 0.3 is 0 Å². The molecule has 1 heterocycles. The van der Waals surface area contributed by atoms with Crippen molar-refractivity contribution in [3.63, 3.8) is 0 Å². The van der Waals surface area contributed by atoms with E-state index in [4.69, 9.17) is 9.47 Å². The summed E-state index contributed by atoms with van der Waals surface area (Å²) in [6, 6.07) is 0. The summed E-state index contributed by atoms with van der Waals surface area (Å²) in [5, 5.41) is 0.